The molecule has 3 saturated heterocycles. The number of likely N-dealkylation sites (tertiary alicyclic amines) is 2. The van der Waals surface area contributed by atoms with Crippen LogP contribution in [0.15, 0.2) is 64.0 Å². The molecule has 5 heterocycles. The van der Waals surface area contributed by atoms with Crippen LogP contribution in [0.2, 0.25) is 0 Å². The van der Waals surface area contributed by atoms with Crippen molar-refractivity contribution in [3.05, 3.63) is 76.9 Å². The van der Waals surface area contributed by atoms with E-state index in [1.165, 1.54) is 40.1 Å². The number of nitrogens with one attached hydrogen (secondary N) is 8. The summed E-state index contributed by atoms with van der Waals surface area (Å²) in [6.45, 7) is 19.5. The molecule has 13 N–H and O–H groups in total. The smallest absolute Gasteiger partial charge is 0.508 e. The van der Waals surface area contributed by atoms with Crippen LogP contribution in [0.25, 0.3) is 0 Å². The van der Waals surface area contributed by atoms with Crippen LogP contribution in [0.5, 0.6) is 23.0 Å². The molecular formula is C95H140GdN16O22S+3. The van der Waals surface area contributed by atoms with Gasteiger partial charge in [0.15, 0.2) is 5.60 Å². The maximum absolute atomic E-state index is 15.2. The Morgan fingerprint density at radius 2 is 0.963 bits per heavy atom. The minimum Gasteiger partial charge on any atom is -0.508 e. The van der Waals surface area contributed by atoms with Gasteiger partial charge in [-0.2, -0.15) is 4.99 Å². The van der Waals surface area contributed by atoms with E-state index in [-0.39, 0.29) is 229 Å². The van der Waals surface area contributed by atoms with Gasteiger partial charge in [0, 0.05) is 138 Å². The van der Waals surface area contributed by atoms with E-state index in [0.717, 1.165) is 57.7 Å². The van der Waals surface area contributed by atoms with Gasteiger partial charge < -0.3 is 92.1 Å². The van der Waals surface area contributed by atoms with Crippen molar-refractivity contribution in [2.24, 2.45) is 38.9 Å². The number of aliphatic carboxylic acids is 3. The third-order valence-electron chi connectivity index (χ3n) is 24.9. The van der Waals surface area contributed by atoms with Crippen molar-refractivity contribution >= 4 is 111 Å². The number of aromatic hydroxyl groups is 2. The van der Waals surface area contributed by atoms with E-state index < -0.39 is 149 Å². The van der Waals surface area contributed by atoms with Gasteiger partial charge in [0.2, 0.25) is 59.1 Å². The summed E-state index contributed by atoms with van der Waals surface area (Å²) in [4.78, 5) is 218. The van der Waals surface area contributed by atoms with E-state index in [2.05, 4.69) is 57.1 Å². The number of hydrogen-bond donors (Lipinski definition) is 13. The summed E-state index contributed by atoms with van der Waals surface area (Å²) in [5.41, 5.74) is 0.0699. The molecule has 0 aliphatic carbocycles. The van der Waals surface area contributed by atoms with E-state index >= 15 is 4.79 Å². The summed E-state index contributed by atoms with van der Waals surface area (Å²) in [6, 6.07) is 4.68. The second-order valence-corrected chi connectivity index (χ2v) is 37.7. The molecule has 5 aliphatic rings. The largest absolute Gasteiger partial charge is 3.00 e. The van der Waals surface area contributed by atoms with Crippen molar-refractivity contribution in [3.63, 3.8) is 0 Å². The normalized spacial score (nSPS) is 17.8. The Balaban J connectivity index is 0.0000249. The number of rotatable bonds is 50. The Kier molecular flexibility index (Phi) is 46.6. The molecule has 0 saturated carbocycles. The first-order chi connectivity index (χ1) is 63.9. The zero-order valence-electron chi connectivity index (χ0n) is 79.5. The number of aliphatic imine (C=N–C) groups is 1. The first kappa shape index (κ1) is 112. The monoisotopic (exact) mass is 2050 g/mol. The van der Waals surface area contributed by atoms with Gasteiger partial charge in [-0.3, -0.25) is 81.9 Å². The summed E-state index contributed by atoms with van der Waals surface area (Å²) >= 11 is 0.693. The number of carbonyl (C=O) groups is 15. The average molecular weight is 2050 g/mol. The van der Waals surface area contributed by atoms with Gasteiger partial charge >= 0.3 is 63.8 Å². The van der Waals surface area contributed by atoms with E-state index in [0.29, 0.717) is 79.3 Å². The summed E-state index contributed by atoms with van der Waals surface area (Å²) in [7, 11) is 0. The maximum atomic E-state index is 15.2. The van der Waals surface area contributed by atoms with E-state index in [1.807, 2.05) is 34.6 Å². The molecule has 0 bridgehead atoms. The number of phenols is 2. The zero-order chi connectivity index (χ0) is 97.9. The van der Waals surface area contributed by atoms with Crippen molar-refractivity contribution in [1.82, 2.24) is 71.9 Å². The molecule has 1 spiro atoms. The number of aldehydes is 1. The van der Waals surface area contributed by atoms with Gasteiger partial charge in [0.1, 0.15) is 77.6 Å². The molecule has 8 rings (SSSR count). The van der Waals surface area contributed by atoms with Crippen molar-refractivity contribution in [2.75, 3.05) is 111 Å². The molecule has 3 aromatic carbocycles. The summed E-state index contributed by atoms with van der Waals surface area (Å²) in [6.07, 6.45) is 12.3. The van der Waals surface area contributed by atoms with Crippen LogP contribution in [0.3, 0.4) is 0 Å². The average Bonchev–Trinajstić information content (AvgIpc) is 1.58. The molecule has 1 radical (unpaired) electrons. The first-order valence-electron chi connectivity index (χ1n) is 47.4. The number of isothiocyanates is 1. The Morgan fingerprint density at radius 3 is 1.46 bits per heavy atom. The fourth-order valence-electron chi connectivity index (χ4n) is 17.4. The summed E-state index contributed by atoms with van der Waals surface area (Å²) < 4.78 is 17.0. The van der Waals surface area contributed by atoms with Gasteiger partial charge in [0.25, 0.3) is 0 Å². The number of amides is 10. The SMILES string of the molecule is CCC(C)C(NC(=O)C(CCCCNC(=O)CCNC(=O)CN1CCN(CC(=O)O)CCN(CC(=O)O)CCN(CC(=O)O)CC1)N=S=C=Nc1ccc2c(c1)C(=O)OC21c2ccc(O)cc2Oc2cc(O)ccc21)C(=O)N1CCCC1C(=O)NC(CC(C)C)C(=O)NC(C(=O)NC(C(=O)N1CCCC1C(=O)NC(CC(C)C)C(=O)NCCCCCCCCCCC=O)C(C)C)C(C)C.[Gd+3]. The molecule has 9 atom stereocenters. The Morgan fingerprint density at radius 1 is 0.511 bits per heavy atom. The number of phenolic OH excluding ortho intramolecular Hbond substituents is 2. The molecule has 0 aromatic heterocycles. The molecule has 9 unspecified atom stereocenters. The Labute approximate surface area is 826 Å². The van der Waals surface area contributed by atoms with E-state index in [9.17, 15) is 92.7 Å². The minimum absolute atomic E-state index is 0. The van der Waals surface area contributed by atoms with Crippen molar-refractivity contribution < 1.29 is 147 Å². The molecule has 135 heavy (non-hydrogen) atoms. The second kappa shape index (κ2) is 56.1. The van der Waals surface area contributed by atoms with Gasteiger partial charge in [-0.1, -0.05) is 120 Å². The molecule has 743 valence electrons. The standard InChI is InChI=1S/C95H140N16O22S.Gd/c1-11-63(10)85(93(130)111-39-24-27-75(111)90(127)101-73(50-60(4)5)88(125)102-83(61(6)7)91(128)103-84(62(8)9)92(129)110-38-23-26-74(110)89(126)100-72(49-59(2)3)86(123)98-36-20-17-15-13-12-14-16-18-22-48-112)104-87(124)71(105-134-58-99-64-28-31-68-67(51-64)94(131)133-95(68)69-32-29-65(113)52-76(69)132-77-53-66(114)30-33-70(77)95)25-19-21-35-96-78(115)34-37-97-79(116)54-106-40-42-107(55-80(117)118)44-46-109(57-82(121)122)47-45-108(43-41-106)56-81(119)120;/h28-33,48,51-53,59-63,71-75,83-85,113-114H,11-27,34-47,49-50,54-57H2,1-10H3,(H,96,115)(H,97,116)(H,98,123)(H,100,126)(H,101,127)(H,102,125)(H,103,128)(H,104,124)(H,117,118)(H,119,120)(H,121,122);/q;+3. The number of nitrogens with zero attached hydrogens (tertiary/aromatic N) is 8. The van der Waals surface area contributed by atoms with Crippen molar-refractivity contribution in [3.8, 4) is 23.0 Å². The molecule has 38 nitrogen and oxygen atoms in total. The number of ether oxygens (including phenoxy) is 2. The first-order valence-corrected chi connectivity index (χ1v) is 48.2. The number of unbranched alkanes of at least 4 members (excludes halogenated alkanes) is 9. The van der Waals surface area contributed by atoms with E-state index in [4.69, 9.17) is 9.47 Å². The van der Waals surface area contributed by atoms with Crippen molar-refractivity contribution in [1.29, 1.82) is 0 Å². The molecule has 3 aromatic rings. The number of benzene rings is 3. The van der Waals surface area contributed by atoms with Gasteiger partial charge in [-0.25, -0.2) is 9.16 Å². The molecule has 3 fully saturated rings. The number of carbonyl (C=O) groups excluding carboxylic acids is 12. The Bertz CT molecular complexity index is 4620. The van der Waals surface area contributed by atoms with Gasteiger partial charge in [-0.05, 0) is 137 Å². The molecule has 5 aliphatic heterocycles. The topological polar surface area (TPSA) is 516 Å². The van der Waals surface area contributed by atoms with Crippen LogP contribution < -0.4 is 47.3 Å². The molecule has 40 heteroatoms. The van der Waals surface area contributed by atoms with Gasteiger partial charge in [-0.15, -0.1) is 0 Å². The number of esters is 1. The fraction of sp³-hybridized carbons (Fsp3) is 0.642. The maximum Gasteiger partial charge on any atom is 3.00 e. The van der Waals surface area contributed by atoms with Crippen LogP contribution in [0, 0.1) is 69.5 Å². The number of fused-ring (bicyclic) bond motifs is 6. The number of carboxylic acid groups (broad SMARTS) is 3. The van der Waals surface area contributed by atoms with Crippen LogP contribution in [-0.2, 0) is 88.6 Å². The predicted octanol–water partition coefficient (Wildman–Crippen LogP) is 5.79. The van der Waals surface area contributed by atoms with Crippen LogP contribution in [0.1, 0.15) is 225 Å². The van der Waals surface area contributed by atoms with Crippen LogP contribution >= 0.6 is 0 Å². The third-order valence-corrected chi connectivity index (χ3v) is 25.4. The molecule has 10 amide bonds. The second-order valence-electron chi connectivity index (χ2n) is 37.1. The summed E-state index contributed by atoms with van der Waals surface area (Å²) in [5, 5.41) is 75.8. The minimum atomic E-state index is -1.55. The quantitative estimate of drug-likeness (QED) is 0.0105. The van der Waals surface area contributed by atoms with Gasteiger partial charge in [0.05, 0.1) is 42.6 Å². The Hall–Kier alpha value is -9.93. The third kappa shape index (κ3) is 34.3. The van der Waals surface area contributed by atoms with Crippen LogP contribution in [-0.4, -0.2) is 309 Å². The number of hydrogen-bond acceptors (Lipinski definition) is 25. The zero-order valence-corrected chi connectivity index (χ0v) is 82.5. The predicted molar refractivity (Wildman–Crippen MR) is 500 cm³/mol. The van der Waals surface area contributed by atoms with E-state index in [1.54, 1.807) is 78.5 Å². The molecular weight excluding hydrogens is 1910 g/mol. The van der Waals surface area contributed by atoms with Crippen molar-refractivity contribution in [2.45, 2.75) is 252 Å². The van der Waals surface area contributed by atoms with Crippen LogP contribution in [0.4, 0.5) is 5.69 Å². The summed E-state index contributed by atoms with van der Waals surface area (Å²) in [5.74, 6) is -10.9. The fourth-order valence-corrected chi connectivity index (χ4v) is 17.9. The number of carboxylic acids is 3.